The molecule has 0 aliphatic carbocycles. The van der Waals surface area contributed by atoms with Gasteiger partial charge in [-0.25, -0.2) is 4.79 Å². The van der Waals surface area contributed by atoms with Gasteiger partial charge in [-0.05, 0) is 0 Å². The van der Waals surface area contributed by atoms with Gasteiger partial charge in [0.25, 0.3) is 5.72 Å². The molecule has 0 saturated heterocycles. The van der Waals surface area contributed by atoms with E-state index in [-0.39, 0.29) is 5.56 Å². The Bertz CT molecular complexity index is 393. The third-order valence-electron chi connectivity index (χ3n) is 2.01. The van der Waals surface area contributed by atoms with Crippen molar-refractivity contribution in [2.75, 3.05) is 6.54 Å². The molecule has 0 spiro atoms. The Labute approximate surface area is 91.7 Å². The van der Waals surface area contributed by atoms with Crippen molar-refractivity contribution >= 4 is 11.9 Å². The standard InChI is InChI=1S/C10H12N2O4/c11-6-8(13)12-10(16,9(14)15)7-4-2-1-3-5-7/h1-5,16H,6,11H2,(H,12,13)(H,14,15). The van der Waals surface area contributed by atoms with Crippen LogP contribution < -0.4 is 11.1 Å². The van der Waals surface area contributed by atoms with Gasteiger partial charge in [0.1, 0.15) is 0 Å². The third-order valence-corrected chi connectivity index (χ3v) is 2.01. The Balaban J connectivity index is 3.07. The summed E-state index contributed by atoms with van der Waals surface area (Å²) in [6.07, 6.45) is 0. The molecular weight excluding hydrogens is 212 g/mol. The lowest BCUT2D eigenvalue weighted by Gasteiger charge is -2.24. The van der Waals surface area contributed by atoms with Gasteiger partial charge in [-0.1, -0.05) is 30.3 Å². The van der Waals surface area contributed by atoms with Gasteiger partial charge >= 0.3 is 5.97 Å². The highest BCUT2D eigenvalue weighted by atomic mass is 16.4. The van der Waals surface area contributed by atoms with Crippen LogP contribution in [0.15, 0.2) is 30.3 Å². The molecule has 0 aliphatic rings. The number of aliphatic hydroxyl groups is 1. The van der Waals surface area contributed by atoms with E-state index in [9.17, 15) is 14.7 Å². The zero-order valence-corrected chi connectivity index (χ0v) is 8.38. The number of aliphatic carboxylic acids is 1. The lowest BCUT2D eigenvalue weighted by Crippen LogP contribution is -2.53. The molecule has 1 unspecified atom stereocenters. The number of nitrogens with two attached hydrogens (primary N) is 1. The van der Waals surface area contributed by atoms with E-state index in [1.54, 1.807) is 18.2 Å². The molecule has 16 heavy (non-hydrogen) atoms. The quantitative estimate of drug-likeness (QED) is 0.489. The van der Waals surface area contributed by atoms with Gasteiger partial charge in [0.2, 0.25) is 5.91 Å². The topological polar surface area (TPSA) is 113 Å². The summed E-state index contributed by atoms with van der Waals surface area (Å²) in [7, 11) is 0. The van der Waals surface area contributed by atoms with E-state index in [0.717, 1.165) is 0 Å². The number of rotatable bonds is 4. The first kappa shape index (κ1) is 12.2. The van der Waals surface area contributed by atoms with Crippen LogP contribution in [0.5, 0.6) is 0 Å². The van der Waals surface area contributed by atoms with Gasteiger partial charge in [0.05, 0.1) is 6.54 Å². The highest BCUT2D eigenvalue weighted by Gasteiger charge is 2.39. The largest absolute Gasteiger partial charge is 0.477 e. The maximum atomic E-state index is 11.0. The smallest absolute Gasteiger partial charge is 0.362 e. The average Bonchev–Trinajstić information content (AvgIpc) is 2.29. The summed E-state index contributed by atoms with van der Waals surface area (Å²) in [6.45, 7) is -0.400. The second kappa shape index (κ2) is 4.73. The van der Waals surface area contributed by atoms with Gasteiger partial charge in [0, 0.05) is 5.56 Å². The van der Waals surface area contributed by atoms with E-state index in [1.807, 2.05) is 5.32 Å². The SMILES string of the molecule is NCC(=O)NC(O)(C(=O)O)c1ccccc1. The van der Waals surface area contributed by atoms with Crippen LogP contribution >= 0.6 is 0 Å². The Hall–Kier alpha value is -1.92. The van der Waals surface area contributed by atoms with Crippen molar-refractivity contribution in [2.45, 2.75) is 5.72 Å². The minimum absolute atomic E-state index is 0.0595. The van der Waals surface area contributed by atoms with Gasteiger partial charge < -0.3 is 21.3 Å². The van der Waals surface area contributed by atoms with Crippen molar-refractivity contribution in [3.8, 4) is 0 Å². The van der Waals surface area contributed by atoms with E-state index in [2.05, 4.69) is 0 Å². The zero-order chi connectivity index (χ0) is 12.2. The van der Waals surface area contributed by atoms with Crippen LogP contribution in [0.1, 0.15) is 5.56 Å². The van der Waals surface area contributed by atoms with Crippen molar-refractivity contribution in [1.29, 1.82) is 0 Å². The number of carboxylic acid groups (broad SMARTS) is 1. The van der Waals surface area contributed by atoms with E-state index in [4.69, 9.17) is 10.8 Å². The fraction of sp³-hybridized carbons (Fsp3) is 0.200. The minimum atomic E-state index is -2.45. The second-order valence-electron chi connectivity index (χ2n) is 3.13. The maximum Gasteiger partial charge on any atom is 0.362 e. The second-order valence-corrected chi connectivity index (χ2v) is 3.13. The fourth-order valence-corrected chi connectivity index (χ4v) is 1.18. The maximum absolute atomic E-state index is 11.0. The Kier molecular flexibility index (Phi) is 3.60. The lowest BCUT2D eigenvalue weighted by molar-refractivity contribution is -0.166. The number of carbonyl (C=O) groups excluding carboxylic acids is 1. The van der Waals surface area contributed by atoms with E-state index in [1.165, 1.54) is 12.1 Å². The summed E-state index contributed by atoms with van der Waals surface area (Å²) >= 11 is 0. The predicted octanol–water partition coefficient (Wildman–Crippen LogP) is -1.01. The zero-order valence-electron chi connectivity index (χ0n) is 8.38. The van der Waals surface area contributed by atoms with Crippen LogP contribution in [0, 0.1) is 0 Å². The summed E-state index contributed by atoms with van der Waals surface area (Å²) < 4.78 is 0. The van der Waals surface area contributed by atoms with Gasteiger partial charge in [-0.3, -0.25) is 4.79 Å². The average molecular weight is 224 g/mol. The minimum Gasteiger partial charge on any atom is -0.477 e. The molecule has 0 aromatic heterocycles. The summed E-state index contributed by atoms with van der Waals surface area (Å²) in [5, 5.41) is 20.8. The van der Waals surface area contributed by atoms with Crippen molar-refractivity contribution < 1.29 is 19.8 Å². The molecule has 6 heteroatoms. The van der Waals surface area contributed by atoms with Crippen LogP contribution in [0.2, 0.25) is 0 Å². The Morgan fingerprint density at radius 3 is 2.31 bits per heavy atom. The van der Waals surface area contributed by atoms with Gasteiger partial charge in [0.15, 0.2) is 0 Å². The fourth-order valence-electron chi connectivity index (χ4n) is 1.18. The van der Waals surface area contributed by atoms with Crippen molar-refractivity contribution in [3.63, 3.8) is 0 Å². The number of carbonyl (C=O) groups is 2. The molecule has 6 nitrogen and oxygen atoms in total. The van der Waals surface area contributed by atoms with Gasteiger partial charge in [-0.2, -0.15) is 0 Å². The molecule has 1 aromatic carbocycles. The first-order chi connectivity index (χ1) is 7.50. The van der Waals surface area contributed by atoms with Gasteiger partial charge in [-0.15, -0.1) is 0 Å². The van der Waals surface area contributed by atoms with E-state index < -0.39 is 24.1 Å². The first-order valence-corrected chi connectivity index (χ1v) is 4.53. The predicted molar refractivity (Wildman–Crippen MR) is 55.2 cm³/mol. The number of carboxylic acids is 1. The monoisotopic (exact) mass is 224 g/mol. The third kappa shape index (κ3) is 2.36. The number of nitrogens with one attached hydrogen (secondary N) is 1. The van der Waals surface area contributed by atoms with Crippen LogP contribution in [-0.4, -0.2) is 28.6 Å². The number of benzene rings is 1. The summed E-state index contributed by atoms with van der Waals surface area (Å²) in [4.78, 5) is 22.0. The van der Waals surface area contributed by atoms with E-state index >= 15 is 0 Å². The molecule has 0 heterocycles. The Morgan fingerprint density at radius 2 is 1.88 bits per heavy atom. The molecule has 1 atom stereocenters. The van der Waals surface area contributed by atoms with Crippen molar-refractivity contribution in [3.05, 3.63) is 35.9 Å². The Morgan fingerprint density at radius 1 is 1.31 bits per heavy atom. The molecular formula is C10H12N2O4. The normalized spacial score (nSPS) is 13.9. The van der Waals surface area contributed by atoms with E-state index in [0.29, 0.717) is 0 Å². The molecule has 86 valence electrons. The van der Waals surface area contributed by atoms with Crippen LogP contribution in [0.3, 0.4) is 0 Å². The highest BCUT2D eigenvalue weighted by molar-refractivity contribution is 5.87. The summed E-state index contributed by atoms with van der Waals surface area (Å²) in [6, 6.07) is 7.56. The van der Waals surface area contributed by atoms with Crippen molar-refractivity contribution in [2.24, 2.45) is 5.73 Å². The number of amides is 1. The lowest BCUT2D eigenvalue weighted by atomic mass is 10.0. The molecule has 0 radical (unpaired) electrons. The first-order valence-electron chi connectivity index (χ1n) is 4.53. The summed E-state index contributed by atoms with van der Waals surface area (Å²) in [5.41, 5.74) is 2.65. The molecule has 1 amide bonds. The summed E-state index contributed by atoms with van der Waals surface area (Å²) in [5.74, 6) is -2.32. The van der Waals surface area contributed by atoms with Crippen molar-refractivity contribution in [1.82, 2.24) is 5.32 Å². The molecule has 5 N–H and O–H groups in total. The number of hydrogen-bond acceptors (Lipinski definition) is 4. The van der Waals surface area contributed by atoms with Crippen LogP contribution in [0.25, 0.3) is 0 Å². The highest BCUT2D eigenvalue weighted by Crippen LogP contribution is 2.17. The molecule has 0 saturated carbocycles. The van der Waals surface area contributed by atoms with Crippen LogP contribution in [0.4, 0.5) is 0 Å². The molecule has 1 rings (SSSR count). The molecule has 0 fully saturated rings. The molecule has 1 aromatic rings. The number of hydrogen-bond donors (Lipinski definition) is 4. The van der Waals surface area contributed by atoms with Crippen LogP contribution in [-0.2, 0) is 15.3 Å². The molecule has 0 aliphatic heterocycles. The molecule has 0 bridgehead atoms.